The number of nitrogens with one attached hydrogen (secondary N) is 2. The van der Waals surface area contributed by atoms with E-state index in [0.717, 1.165) is 25.1 Å². The van der Waals surface area contributed by atoms with E-state index < -0.39 is 0 Å². The lowest BCUT2D eigenvalue weighted by Crippen LogP contribution is -2.43. The lowest BCUT2D eigenvalue weighted by Gasteiger charge is -2.23. The fraction of sp³-hybridized carbons (Fsp3) is 0.429. The molecule has 0 saturated carbocycles. The third-order valence-electron chi connectivity index (χ3n) is 3.60. The summed E-state index contributed by atoms with van der Waals surface area (Å²) in [5.74, 6) is 1.19. The molecule has 2 aromatic rings. The van der Waals surface area contributed by atoms with E-state index in [1.54, 1.807) is 0 Å². The number of hydrogen-bond acceptors (Lipinski definition) is 5. The highest BCUT2D eigenvalue weighted by atomic mass is 35.5. The first-order valence-corrected chi connectivity index (χ1v) is 7.07. The van der Waals surface area contributed by atoms with E-state index in [1.807, 2.05) is 24.3 Å². The lowest BCUT2D eigenvalue weighted by atomic mass is 10.0. The zero-order chi connectivity index (χ0) is 14.0. The molecule has 0 bridgehead atoms. The van der Waals surface area contributed by atoms with Crippen LogP contribution in [0.2, 0.25) is 5.02 Å². The molecule has 20 heavy (non-hydrogen) atoms. The van der Waals surface area contributed by atoms with Crippen molar-refractivity contribution in [1.29, 1.82) is 0 Å². The average Bonchev–Trinajstić information content (AvgIpc) is 3.07. The Morgan fingerprint density at radius 3 is 2.90 bits per heavy atom. The van der Waals surface area contributed by atoms with Crippen molar-refractivity contribution in [1.82, 2.24) is 20.8 Å². The minimum absolute atomic E-state index is 0.112. The van der Waals surface area contributed by atoms with Crippen LogP contribution in [0.3, 0.4) is 0 Å². The Morgan fingerprint density at radius 2 is 2.20 bits per heavy atom. The molecule has 0 radical (unpaired) electrons. The van der Waals surface area contributed by atoms with Crippen molar-refractivity contribution in [3.05, 3.63) is 35.1 Å². The molecule has 0 spiro atoms. The van der Waals surface area contributed by atoms with E-state index in [4.69, 9.17) is 16.1 Å². The van der Waals surface area contributed by atoms with Gasteiger partial charge in [0.05, 0.1) is 6.54 Å². The van der Waals surface area contributed by atoms with Gasteiger partial charge < -0.3 is 15.2 Å². The van der Waals surface area contributed by atoms with E-state index in [9.17, 15) is 0 Å². The maximum absolute atomic E-state index is 5.86. The predicted octanol–water partition coefficient (Wildman–Crippen LogP) is 2.23. The van der Waals surface area contributed by atoms with Crippen molar-refractivity contribution < 1.29 is 4.52 Å². The summed E-state index contributed by atoms with van der Waals surface area (Å²) >= 11 is 5.86. The molecule has 2 N–H and O–H groups in total. The molecule has 1 aliphatic rings. The minimum atomic E-state index is 0.112. The van der Waals surface area contributed by atoms with Gasteiger partial charge in [-0.3, -0.25) is 0 Å². The largest absolute Gasteiger partial charge is 0.334 e. The van der Waals surface area contributed by atoms with Crippen LogP contribution in [-0.4, -0.2) is 28.8 Å². The van der Waals surface area contributed by atoms with Gasteiger partial charge in [0.2, 0.25) is 0 Å². The number of hydrogen-bond donors (Lipinski definition) is 2. The van der Waals surface area contributed by atoms with Crippen LogP contribution in [0.4, 0.5) is 0 Å². The average molecular weight is 293 g/mol. The molecule has 0 amide bonds. The van der Waals surface area contributed by atoms with Crippen LogP contribution in [0.5, 0.6) is 0 Å². The van der Waals surface area contributed by atoms with Gasteiger partial charge in [-0.1, -0.05) is 16.8 Å². The molecule has 3 rings (SSSR count). The Balaban J connectivity index is 1.66. The highest BCUT2D eigenvalue weighted by Gasteiger charge is 2.28. The molecule has 1 aliphatic heterocycles. The number of aromatic nitrogens is 2. The van der Waals surface area contributed by atoms with E-state index in [0.29, 0.717) is 23.3 Å². The monoisotopic (exact) mass is 292 g/mol. The summed E-state index contributed by atoms with van der Waals surface area (Å²) in [7, 11) is 0. The fourth-order valence-corrected chi connectivity index (χ4v) is 2.42. The summed E-state index contributed by atoms with van der Waals surface area (Å²) in [6, 6.07) is 7.36. The van der Waals surface area contributed by atoms with Gasteiger partial charge in [0.15, 0.2) is 5.82 Å². The number of rotatable bonds is 4. The third-order valence-corrected chi connectivity index (χ3v) is 3.85. The van der Waals surface area contributed by atoms with Crippen LogP contribution >= 0.6 is 11.6 Å². The van der Waals surface area contributed by atoms with Crippen molar-refractivity contribution >= 4 is 11.6 Å². The molecule has 2 heterocycles. The van der Waals surface area contributed by atoms with E-state index in [-0.39, 0.29) is 5.54 Å². The smallest absolute Gasteiger partial charge is 0.257 e. The molecule has 1 fully saturated rings. The van der Waals surface area contributed by atoms with Gasteiger partial charge in [-0.2, -0.15) is 4.98 Å². The van der Waals surface area contributed by atoms with Gasteiger partial charge >= 0.3 is 0 Å². The van der Waals surface area contributed by atoms with E-state index in [1.165, 1.54) is 0 Å². The van der Waals surface area contributed by atoms with Gasteiger partial charge in [0.1, 0.15) is 0 Å². The van der Waals surface area contributed by atoms with Crippen LogP contribution in [0, 0.1) is 0 Å². The molecule has 1 saturated heterocycles. The first-order chi connectivity index (χ1) is 9.65. The predicted molar refractivity (Wildman–Crippen MR) is 77.5 cm³/mol. The summed E-state index contributed by atoms with van der Waals surface area (Å²) in [6.07, 6.45) is 1.11. The molecule has 106 valence electrons. The zero-order valence-corrected chi connectivity index (χ0v) is 12.1. The van der Waals surface area contributed by atoms with Crippen LogP contribution in [0.25, 0.3) is 11.5 Å². The standard InChI is InChI=1S/C14H17ClN4O/c1-14(6-7-16-9-14)17-8-12-18-13(20-19-12)10-2-4-11(15)5-3-10/h2-5,16-17H,6-9H2,1H3. The molecular weight excluding hydrogens is 276 g/mol. The fourth-order valence-electron chi connectivity index (χ4n) is 2.30. The van der Waals surface area contributed by atoms with E-state index >= 15 is 0 Å². The Morgan fingerprint density at radius 1 is 1.40 bits per heavy atom. The summed E-state index contributed by atoms with van der Waals surface area (Å²) < 4.78 is 5.28. The van der Waals surface area contributed by atoms with Crippen molar-refractivity contribution in [2.45, 2.75) is 25.4 Å². The van der Waals surface area contributed by atoms with Gasteiger partial charge in [-0.25, -0.2) is 0 Å². The zero-order valence-electron chi connectivity index (χ0n) is 11.3. The summed E-state index contributed by atoms with van der Waals surface area (Å²) in [5, 5.41) is 11.5. The SMILES string of the molecule is CC1(NCc2noc(-c3ccc(Cl)cc3)n2)CCNC1. The first-order valence-electron chi connectivity index (χ1n) is 6.69. The Kier molecular flexibility index (Phi) is 3.74. The van der Waals surface area contributed by atoms with Crippen LogP contribution in [0.1, 0.15) is 19.2 Å². The first kappa shape index (κ1) is 13.5. The van der Waals surface area contributed by atoms with Crippen LogP contribution in [-0.2, 0) is 6.54 Å². The van der Waals surface area contributed by atoms with Crippen LogP contribution in [0.15, 0.2) is 28.8 Å². The third kappa shape index (κ3) is 3.00. The molecule has 0 aliphatic carbocycles. The Bertz CT molecular complexity index is 575. The second-order valence-electron chi connectivity index (χ2n) is 5.36. The van der Waals surface area contributed by atoms with Crippen molar-refractivity contribution in [2.75, 3.05) is 13.1 Å². The number of nitrogens with zero attached hydrogens (tertiary/aromatic N) is 2. The number of halogens is 1. The maximum atomic E-state index is 5.86. The quantitative estimate of drug-likeness (QED) is 0.905. The number of benzene rings is 1. The molecular formula is C14H17ClN4O. The summed E-state index contributed by atoms with van der Waals surface area (Å²) in [6.45, 7) is 4.82. The second kappa shape index (κ2) is 5.52. The molecule has 5 nitrogen and oxygen atoms in total. The molecule has 1 aromatic heterocycles. The van der Waals surface area contributed by atoms with Gasteiger partial charge in [-0.05, 0) is 44.2 Å². The van der Waals surface area contributed by atoms with Crippen molar-refractivity contribution in [3.63, 3.8) is 0 Å². The van der Waals surface area contributed by atoms with E-state index in [2.05, 4.69) is 27.7 Å². The molecule has 1 unspecified atom stereocenters. The summed E-state index contributed by atoms with van der Waals surface area (Å²) in [4.78, 5) is 4.40. The van der Waals surface area contributed by atoms with Gasteiger partial charge in [0.25, 0.3) is 5.89 Å². The maximum Gasteiger partial charge on any atom is 0.257 e. The van der Waals surface area contributed by atoms with Crippen molar-refractivity contribution in [2.24, 2.45) is 0 Å². The van der Waals surface area contributed by atoms with Crippen LogP contribution < -0.4 is 10.6 Å². The van der Waals surface area contributed by atoms with Gasteiger partial charge in [0, 0.05) is 22.7 Å². The highest BCUT2D eigenvalue weighted by Crippen LogP contribution is 2.20. The Hall–Kier alpha value is -1.43. The normalized spacial score (nSPS) is 22.3. The van der Waals surface area contributed by atoms with Gasteiger partial charge in [-0.15, -0.1) is 0 Å². The van der Waals surface area contributed by atoms with Crippen molar-refractivity contribution in [3.8, 4) is 11.5 Å². The molecule has 1 aromatic carbocycles. The second-order valence-corrected chi connectivity index (χ2v) is 5.80. The topological polar surface area (TPSA) is 63.0 Å². The Labute approximate surface area is 122 Å². The minimum Gasteiger partial charge on any atom is -0.334 e. The highest BCUT2D eigenvalue weighted by molar-refractivity contribution is 6.30. The summed E-state index contributed by atoms with van der Waals surface area (Å²) in [5.41, 5.74) is 0.989. The lowest BCUT2D eigenvalue weighted by molar-refractivity contribution is 0.368. The molecule has 6 heteroatoms. The molecule has 1 atom stereocenters.